The molecule has 3 nitrogen and oxygen atoms in total. The van der Waals surface area contributed by atoms with E-state index in [1.54, 1.807) is 0 Å². The van der Waals surface area contributed by atoms with Crippen molar-refractivity contribution in [3.63, 3.8) is 0 Å². The molecule has 0 aromatic rings. The van der Waals surface area contributed by atoms with Gasteiger partial charge in [0, 0.05) is 25.8 Å². The summed E-state index contributed by atoms with van der Waals surface area (Å²) in [4.78, 5) is 6.96. The summed E-state index contributed by atoms with van der Waals surface area (Å²) in [5, 5.41) is 0. The molecule has 128 valence electrons. The van der Waals surface area contributed by atoms with Crippen molar-refractivity contribution in [2.75, 3.05) is 19.6 Å². The van der Waals surface area contributed by atoms with Crippen molar-refractivity contribution in [3.05, 3.63) is 12.7 Å². The number of aliphatic imine (C=N–C) groups is 1. The molecule has 3 heteroatoms. The van der Waals surface area contributed by atoms with E-state index in [2.05, 4.69) is 22.7 Å². The van der Waals surface area contributed by atoms with Crippen LogP contribution in [0.25, 0.3) is 0 Å². The highest BCUT2D eigenvalue weighted by atomic mass is 15.3. The van der Waals surface area contributed by atoms with Gasteiger partial charge in [-0.3, -0.25) is 9.89 Å². The summed E-state index contributed by atoms with van der Waals surface area (Å²) >= 11 is 0. The standard InChI is InChI=1S/C19H37N3/c1-2-3-4-5-6-7-8-9-10-11-12-13-14-19-21-16-18-22(19)17-15-20/h2,16,19H,1,3-15,17-18,20H2. The number of unbranched alkanes of at least 4 members (excludes halogenated alkanes) is 10. The zero-order valence-corrected chi connectivity index (χ0v) is 14.5. The van der Waals surface area contributed by atoms with Crippen LogP contribution in [0.2, 0.25) is 0 Å². The third-order valence-corrected chi connectivity index (χ3v) is 4.55. The van der Waals surface area contributed by atoms with E-state index in [-0.39, 0.29) is 0 Å². The molecule has 0 saturated carbocycles. The number of nitrogens with two attached hydrogens (primary N) is 1. The van der Waals surface area contributed by atoms with Gasteiger partial charge in [-0.2, -0.15) is 0 Å². The molecule has 1 aliphatic heterocycles. The summed E-state index contributed by atoms with van der Waals surface area (Å²) < 4.78 is 0. The van der Waals surface area contributed by atoms with Gasteiger partial charge in [0.1, 0.15) is 6.17 Å². The fraction of sp³-hybridized carbons (Fsp3) is 0.842. The molecule has 22 heavy (non-hydrogen) atoms. The molecule has 0 aromatic heterocycles. The van der Waals surface area contributed by atoms with E-state index in [1.807, 2.05) is 6.08 Å². The molecule has 1 aliphatic rings. The molecular formula is C19H37N3. The first-order chi connectivity index (χ1) is 10.9. The van der Waals surface area contributed by atoms with Gasteiger partial charge in [-0.05, 0) is 25.7 Å². The SMILES string of the molecule is C=CCCCCCCCCCCCCC1N=CCN1CCN. The molecule has 0 spiro atoms. The second-order valence-corrected chi connectivity index (χ2v) is 6.50. The van der Waals surface area contributed by atoms with Gasteiger partial charge in [-0.25, -0.2) is 0 Å². The van der Waals surface area contributed by atoms with Crippen molar-refractivity contribution < 1.29 is 0 Å². The average molecular weight is 308 g/mol. The zero-order chi connectivity index (χ0) is 15.9. The Bertz CT molecular complexity index is 288. The topological polar surface area (TPSA) is 41.6 Å². The van der Waals surface area contributed by atoms with Crippen molar-refractivity contribution in [3.8, 4) is 0 Å². The molecule has 0 saturated heterocycles. The van der Waals surface area contributed by atoms with Crippen molar-refractivity contribution >= 4 is 6.21 Å². The van der Waals surface area contributed by atoms with Crippen LogP contribution in [0.1, 0.15) is 77.0 Å². The first-order valence-electron chi connectivity index (χ1n) is 9.45. The van der Waals surface area contributed by atoms with Crippen molar-refractivity contribution in [1.29, 1.82) is 0 Å². The van der Waals surface area contributed by atoms with Crippen molar-refractivity contribution in [1.82, 2.24) is 4.90 Å². The van der Waals surface area contributed by atoms with Crippen LogP contribution in [0.15, 0.2) is 17.6 Å². The van der Waals surface area contributed by atoms with E-state index in [0.29, 0.717) is 6.17 Å². The third kappa shape index (κ3) is 9.37. The molecule has 0 amide bonds. The molecule has 1 atom stereocenters. The number of rotatable bonds is 15. The quantitative estimate of drug-likeness (QED) is 0.357. The van der Waals surface area contributed by atoms with Gasteiger partial charge in [-0.1, -0.05) is 57.4 Å². The minimum absolute atomic E-state index is 0.416. The Morgan fingerprint density at radius 2 is 1.59 bits per heavy atom. The van der Waals surface area contributed by atoms with Gasteiger partial charge >= 0.3 is 0 Å². The van der Waals surface area contributed by atoms with Crippen LogP contribution >= 0.6 is 0 Å². The summed E-state index contributed by atoms with van der Waals surface area (Å²) in [6, 6.07) is 0. The lowest BCUT2D eigenvalue weighted by molar-refractivity contribution is 0.241. The highest BCUT2D eigenvalue weighted by molar-refractivity contribution is 5.62. The van der Waals surface area contributed by atoms with Crippen LogP contribution in [0.3, 0.4) is 0 Å². The zero-order valence-electron chi connectivity index (χ0n) is 14.5. The number of hydrogen-bond acceptors (Lipinski definition) is 3. The lowest BCUT2D eigenvalue weighted by Gasteiger charge is -2.21. The van der Waals surface area contributed by atoms with Crippen LogP contribution in [0, 0.1) is 0 Å². The van der Waals surface area contributed by atoms with Crippen LogP contribution in [0.5, 0.6) is 0 Å². The summed E-state index contributed by atoms with van der Waals surface area (Å²) in [5.74, 6) is 0. The van der Waals surface area contributed by atoms with Crippen LogP contribution < -0.4 is 5.73 Å². The molecule has 0 aromatic carbocycles. The molecule has 0 fully saturated rings. The largest absolute Gasteiger partial charge is 0.329 e. The molecule has 1 rings (SSSR count). The predicted molar refractivity (Wildman–Crippen MR) is 98.5 cm³/mol. The predicted octanol–water partition coefficient (Wildman–Crippen LogP) is 4.52. The Kier molecular flexibility index (Phi) is 12.3. The fourth-order valence-corrected chi connectivity index (χ4v) is 3.18. The Morgan fingerprint density at radius 1 is 1.00 bits per heavy atom. The Labute approximate surface area is 138 Å². The number of allylic oxidation sites excluding steroid dienone is 1. The number of hydrogen-bond donors (Lipinski definition) is 1. The lowest BCUT2D eigenvalue weighted by Crippen LogP contribution is -2.34. The summed E-state index contributed by atoms with van der Waals surface area (Å²) in [5.41, 5.74) is 5.64. The first-order valence-corrected chi connectivity index (χ1v) is 9.45. The second-order valence-electron chi connectivity index (χ2n) is 6.50. The van der Waals surface area contributed by atoms with Gasteiger partial charge in [0.2, 0.25) is 0 Å². The van der Waals surface area contributed by atoms with E-state index in [9.17, 15) is 0 Å². The van der Waals surface area contributed by atoms with Gasteiger partial charge in [0.25, 0.3) is 0 Å². The van der Waals surface area contributed by atoms with Crippen LogP contribution in [-0.4, -0.2) is 36.9 Å². The maximum atomic E-state index is 5.64. The summed E-state index contributed by atoms with van der Waals surface area (Å²) in [7, 11) is 0. The normalized spacial score (nSPS) is 18.1. The van der Waals surface area contributed by atoms with E-state index in [0.717, 1.165) is 19.6 Å². The Hall–Kier alpha value is -0.670. The van der Waals surface area contributed by atoms with E-state index >= 15 is 0 Å². The molecular weight excluding hydrogens is 270 g/mol. The smallest absolute Gasteiger partial charge is 0.102 e. The maximum Gasteiger partial charge on any atom is 0.102 e. The average Bonchev–Trinajstić information content (AvgIpc) is 2.96. The molecule has 0 aliphatic carbocycles. The first kappa shape index (κ1) is 19.4. The second kappa shape index (κ2) is 14.0. The van der Waals surface area contributed by atoms with Gasteiger partial charge < -0.3 is 5.73 Å². The van der Waals surface area contributed by atoms with Crippen LogP contribution in [-0.2, 0) is 0 Å². The van der Waals surface area contributed by atoms with Gasteiger partial charge in [-0.15, -0.1) is 6.58 Å². The van der Waals surface area contributed by atoms with Crippen LogP contribution in [0.4, 0.5) is 0 Å². The highest BCUT2D eigenvalue weighted by Crippen LogP contribution is 2.16. The van der Waals surface area contributed by atoms with E-state index in [4.69, 9.17) is 5.73 Å². The Balaban J connectivity index is 1.82. The fourth-order valence-electron chi connectivity index (χ4n) is 3.18. The third-order valence-electron chi connectivity index (χ3n) is 4.55. The number of nitrogens with zero attached hydrogens (tertiary/aromatic N) is 2. The minimum atomic E-state index is 0.416. The minimum Gasteiger partial charge on any atom is -0.329 e. The molecule has 1 heterocycles. The molecule has 0 bridgehead atoms. The van der Waals surface area contributed by atoms with Gasteiger partial charge in [0.15, 0.2) is 0 Å². The monoisotopic (exact) mass is 307 g/mol. The molecule has 2 N–H and O–H groups in total. The maximum absolute atomic E-state index is 5.64. The van der Waals surface area contributed by atoms with Gasteiger partial charge in [0.05, 0.1) is 0 Å². The summed E-state index contributed by atoms with van der Waals surface area (Å²) in [6.45, 7) is 6.49. The lowest BCUT2D eigenvalue weighted by atomic mass is 10.0. The van der Waals surface area contributed by atoms with Crippen molar-refractivity contribution in [2.45, 2.75) is 83.2 Å². The molecule has 1 unspecified atom stereocenters. The summed E-state index contributed by atoms with van der Waals surface area (Å²) in [6.07, 6.45) is 20.7. The van der Waals surface area contributed by atoms with Crippen molar-refractivity contribution in [2.24, 2.45) is 10.7 Å². The van der Waals surface area contributed by atoms with E-state index < -0.39 is 0 Å². The highest BCUT2D eigenvalue weighted by Gasteiger charge is 2.19. The molecule has 0 radical (unpaired) electrons. The Morgan fingerprint density at radius 3 is 2.18 bits per heavy atom. The van der Waals surface area contributed by atoms with E-state index in [1.165, 1.54) is 77.0 Å².